The van der Waals surface area contributed by atoms with Gasteiger partial charge in [-0.3, -0.25) is 4.79 Å². The molecule has 0 fully saturated rings. The number of phenolic OH excluding ortho intramolecular Hbond substituents is 1. The molecule has 4 heteroatoms. The van der Waals surface area contributed by atoms with Crippen LogP contribution in [0.25, 0.3) is 0 Å². The van der Waals surface area contributed by atoms with Crippen molar-refractivity contribution in [3.05, 3.63) is 28.8 Å². The van der Waals surface area contributed by atoms with Gasteiger partial charge in [0.05, 0.1) is 7.11 Å². The van der Waals surface area contributed by atoms with Crippen molar-refractivity contribution in [2.45, 2.75) is 19.9 Å². The van der Waals surface area contributed by atoms with Gasteiger partial charge in [0.2, 0.25) is 0 Å². The second-order valence-electron chi connectivity index (χ2n) is 3.50. The van der Waals surface area contributed by atoms with Crippen LogP contribution in [0.2, 0.25) is 0 Å². The molecule has 0 spiro atoms. The summed E-state index contributed by atoms with van der Waals surface area (Å²) < 4.78 is 4.52. The standard InChI is InChI=1S/C11H15NO3/c1-6-4-8(9(13)5-7(6)2)10(12)11(14)15-3/h4-5,10,13H,12H2,1-3H3. The monoisotopic (exact) mass is 209 g/mol. The minimum atomic E-state index is -0.936. The summed E-state index contributed by atoms with van der Waals surface area (Å²) in [4.78, 5) is 11.2. The van der Waals surface area contributed by atoms with Crippen LogP contribution in [0.1, 0.15) is 22.7 Å². The number of methoxy groups -OCH3 is 1. The number of hydrogen-bond donors (Lipinski definition) is 2. The Kier molecular flexibility index (Phi) is 3.31. The highest BCUT2D eigenvalue weighted by molar-refractivity contribution is 5.78. The van der Waals surface area contributed by atoms with Crippen molar-refractivity contribution >= 4 is 5.97 Å². The maximum absolute atomic E-state index is 11.2. The van der Waals surface area contributed by atoms with Gasteiger partial charge in [-0.05, 0) is 37.1 Å². The number of nitrogens with two attached hydrogens (primary N) is 1. The number of esters is 1. The number of carbonyl (C=O) groups excluding carboxylic acids is 1. The Hall–Kier alpha value is -1.55. The van der Waals surface area contributed by atoms with Gasteiger partial charge in [0.25, 0.3) is 0 Å². The van der Waals surface area contributed by atoms with E-state index < -0.39 is 12.0 Å². The maximum atomic E-state index is 11.2. The van der Waals surface area contributed by atoms with Gasteiger partial charge in [0.1, 0.15) is 11.8 Å². The predicted molar refractivity (Wildman–Crippen MR) is 56.5 cm³/mol. The number of phenols is 1. The van der Waals surface area contributed by atoms with Gasteiger partial charge in [0.15, 0.2) is 0 Å². The van der Waals surface area contributed by atoms with Crippen LogP contribution in [0.4, 0.5) is 0 Å². The van der Waals surface area contributed by atoms with E-state index >= 15 is 0 Å². The fourth-order valence-electron chi connectivity index (χ4n) is 1.33. The van der Waals surface area contributed by atoms with E-state index in [-0.39, 0.29) is 5.75 Å². The zero-order valence-corrected chi connectivity index (χ0v) is 9.07. The molecular weight excluding hydrogens is 194 g/mol. The van der Waals surface area contributed by atoms with Crippen molar-refractivity contribution in [3.63, 3.8) is 0 Å². The molecule has 1 aromatic carbocycles. The van der Waals surface area contributed by atoms with Gasteiger partial charge >= 0.3 is 5.97 Å². The molecular formula is C11H15NO3. The van der Waals surface area contributed by atoms with Crippen molar-refractivity contribution in [3.8, 4) is 5.75 Å². The second-order valence-corrected chi connectivity index (χ2v) is 3.50. The molecule has 1 rings (SSSR count). The lowest BCUT2D eigenvalue weighted by molar-refractivity contribution is -0.142. The van der Waals surface area contributed by atoms with E-state index in [2.05, 4.69) is 4.74 Å². The van der Waals surface area contributed by atoms with E-state index in [9.17, 15) is 9.90 Å². The van der Waals surface area contributed by atoms with Crippen LogP contribution in [-0.4, -0.2) is 18.2 Å². The molecule has 0 amide bonds. The Morgan fingerprint density at radius 1 is 1.40 bits per heavy atom. The van der Waals surface area contributed by atoms with Crippen molar-refractivity contribution in [1.82, 2.24) is 0 Å². The molecule has 0 bridgehead atoms. The molecule has 0 aliphatic heterocycles. The van der Waals surface area contributed by atoms with Crippen molar-refractivity contribution in [2.75, 3.05) is 7.11 Å². The molecule has 1 atom stereocenters. The Morgan fingerprint density at radius 2 is 1.93 bits per heavy atom. The van der Waals surface area contributed by atoms with E-state index in [0.717, 1.165) is 11.1 Å². The van der Waals surface area contributed by atoms with Gasteiger partial charge in [-0.1, -0.05) is 0 Å². The number of ether oxygens (including phenoxy) is 1. The lowest BCUT2D eigenvalue weighted by atomic mass is 10.0. The highest BCUT2D eigenvalue weighted by atomic mass is 16.5. The number of carbonyl (C=O) groups is 1. The van der Waals surface area contributed by atoms with Gasteiger partial charge in [-0.15, -0.1) is 0 Å². The molecule has 0 saturated carbocycles. The normalized spacial score (nSPS) is 12.3. The van der Waals surface area contributed by atoms with Crippen molar-refractivity contribution in [2.24, 2.45) is 5.73 Å². The van der Waals surface area contributed by atoms with Gasteiger partial charge < -0.3 is 15.6 Å². The van der Waals surface area contributed by atoms with E-state index in [0.29, 0.717) is 5.56 Å². The molecule has 0 heterocycles. The molecule has 1 unspecified atom stereocenters. The number of aromatic hydroxyl groups is 1. The summed E-state index contributed by atoms with van der Waals surface area (Å²) in [5.41, 5.74) is 7.95. The fourth-order valence-corrected chi connectivity index (χ4v) is 1.33. The topological polar surface area (TPSA) is 72.5 Å². The molecule has 0 aromatic heterocycles. The SMILES string of the molecule is COC(=O)C(N)c1cc(C)c(C)cc1O. The molecule has 0 radical (unpaired) electrons. The van der Waals surface area contributed by atoms with Crippen LogP contribution in [-0.2, 0) is 9.53 Å². The zero-order chi connectivity index (χ0) is 11.6. The third kappa shape index (κ3) is 2.27. The molecule has 82 valence electrons. The first-order valence-corrected chi connectivity index (χ1v) is 4.61. The van der Waals surface area contributed by atoms with Crippen LogP contribution in [0.3, 0.4) is 0 Å². The van der Waals surface area contributed by atoms with E-state index in [1.54, 1.807) is 12.1 Å². The largest absolute Gasteiger partial charge is 0.508 e. The summed E-state index contributed by atoms with van der Waals surface area (Å²) in [6.07, 6.45) is 0. The first-order valence-electron chi connectivity index (χ1n) is 4.61. The lowest BCUT2D eigenvalue weighted by Crippen LogP contribution is -2.22. The summed E-state index contributed by atoms with van der Waals surface area (Å²) in [6.45, 7) is 3.77. The van der Waals surface area contributed by atoms with Crippen LogP contribution >= 0.6 is 0 Å². The summed E-state index contributed by atoms with van der Waals surface area (Å²) in [5.74, 6) is -0.537. The third-order valence-electron chi connectivity index (χ3n) is 2.43. The Bertz CT molecular complexity index is 388. The van der Waals surface area contributed by atoms with E-state index in [1.807, 2.05) is 13.8 Å². The third-order valence-corrected chi connectivity index (χ3v) is 2.43. The number of benzene rings is 1. The average molecular weight is 209 g/mol. The van der Waals surface area contributed by atoms with Gasteiger partial charge in [-0.2, -0.15) is 0 Å². The molecule has 0 aliphatic carbocycles. The summed E-state index contributed by atoms with van der Waals surface area (Å²) in [7, 11) is 1.26. The first-order chi connectivity index (χ1) is 6.97. The molecule has 1 aromatic rings. The van der Waals surface area contributed by atoms with Crippen LogP contribution in [0, 0.1) is 13.8 Å². The zero-order valence-electron chi connectivity index (χ0n) is 9.07. The number of rotatable bonds is 2. The van der Waals surface area contributed by atoms with Crippen LogP contribution < -0.4 is 5.73 Å². The summed E-state index contributed by atoms with van der Waals surface area (Å²) in [6, 6.07) is 2.36. The first kappa shape index (κ1) is 11.5. The molecule has 4 nitrogen and oxygen atoms in total. The number of aryl methyl sites for hydroxylation is 2. The van der Waals surface area contributed by atoms with Gasteiger partial charge in [0, 0.05) is 5.56 Å². The minimum absolute atomic E-state index is 0.0241. The van der Waals surface area contributed by atoms with Crippen molar-refractivity contribution in [1.29, 1.82) is 0 Å². The molecule has 3 N–H and O–H groups in total. The molecule has 15 heavy (non-hydrogen) atoms. The van der Waals surface area contributed by atoms with Crippen LogP contribution in [0.5, 0.6) is 5.75 Å². The molecule has 0 aliphatic rings. The Labute approximate surface area is 88.7 Å². The average Bonchev–Trinajstić information content (AvgIpc) is 2.21. The second kappa shape index (κ2) is 4.31. The highest BCUT2D eigenvalue weighted by Gasteiger charge is 2.20. The quantitative estimate of drug-likeness (QED) is 0.717. The fraction of sp³-hybridized carbons (Fsp3) is 0.364. The lowest BCUT2D eigenvalue weighted by Gasteiger charge is -2.13. The predicted octanol–water partition coefficient (Wildman–Crippen LogP) is 1.18. The Morgan fingerprint density at radius 3 is 2.47 bits per heavy atom. The summed E-state index contributed by atoms with van der Waals surface area (Å²) in [5, 5.41) is 9.64. The van der Waals surface area contributed by atoms with Gasteiger partial charge in [-0.25, -0.2) is 0 Å². The highest BCUT2D eigenvalue weighted by Crippen LogP contribution is 2.26. The van der Waals surface area contributed by atoms with Crippen LogP contribution in [0.15, 0.2) is 12.1 Å². The maximum Gasteiger partial charge on any atom is 0.327 e. The summed E-state index contributed by atoms with van der Waals surface area (Å²) >= 11 is 0. The number of hydrogen-bond acceptors (Lipinski definition) is 4. The van der Waals surface area contributed by atoms with E-state index in [1.165, 1.54) is 7.11 Å². The minimum Gasteiger partial charge on any atom is -0.508 e. The van der Waals surface area contributed by atoms with E-state index in [4.69, 9.17) is 5.73 Å². The Balaban J connectivity index is 3.14. The molecule has 0 saturated heterocycles. The van der Waals surface area contributed by atoms with Crippen molar-refractivity contribution < 1.29 is 14.6 Å². The smallest absolute Gasteiger partial charge is 0.327 e.